The Balaban J connectivity index is 1.73. The van der Waals surface area contributed by atoms with E-state index in [0.29, 0.717) is 22.2 Å². The molecule has 6 nitrogen and oxygen atoms in total. The first-order valence-electron chi connectivity index (χ1n) is 6.73. The molecule has 0 bridgehead atoms. The normalized spacial score (nSPS) is 10.5. The van der Waals surface area contributed by atoms with Gasteiger partial charge in [-0.1, -0.05) is 23.7 Å². The largest absolute Gasteiger partial charge is 0.483 e. The summed E-state index contributed by atoms with van der Waals surface area (Å²) < 4.78 is 11.1. The molecule has 1 heterocycles. The second-order valence-electron chi connectivity index (χ2n) is 4.66. The van der Waals surface area contributed by atoms with Crippen LogP contribution in [-0.2, 0) is 6.61 Å². The maximum Gasteiger partial charge on any atom is 0.254 e. The highest BCUT2D eigenvalue weighted by atomic mass is 35.5. The van der Waals surface area contributed by atoms with Crippen LogP contribution in [0, 0.1) is 0 Å². The third-order valence-electron chi connectivity index (χ3n) is 3.06. The molecule has 2 aromatic carbocycles. The average Bonchev–Trinajstić information content (AvgIpc) is 3.03. The van der Waals surface area contributed by atoms with Crippen LogP contribution in [0.5, 0.6) is 5.75 Å². The highest BCUT2D eigenvalue weighted by Gasteiger charge is 2.12. The van der Waals surface area contributed by atoms with E-state index in [1.165, 1.54) is 0 Å². The fourth-order valence-electron chi connectivity index (χ4n) is 1.96. The molecular weight excluding hydrogens is 318 g/mol. The van der Waals surface area contributed by atoms with Crippen LogP contribution >= 0.6 is 11.6 Å². The van der Waals surface area contributed by atoms with E-state index in [1.54, 1.807) is 48.5 Å². The molecule has 7 heteroatoms. The first-order valence-corrected chi connectivity index (χ1v) is 7.11. The number of ether oxygens (including phenoxy) is 1. The first kappa shape index (κ1) is 15.1. The number of aromatic nitrogens is 2. The predicted molar refractivity (Wildman–Crippen MR) is 84.0 cm³/mol. The molecule has 1 aromatic heterocycles. The number of carbonyl (C=O) groups is 1. The van der Waals surface area contributed by atoms with Crippen molar-refractivity contribution >= 4 is 17.5 Å². The summed E-state index contributed by atoms with van der Waals surface area (Å²) in [5.74, 6) is 0.455. The number of nitrogens with zero attached hydrogens (tertiary/aromatic N) is 2. The van der Waals surface area contributed by atoms with Crippen molar-refractivity contribution in [2.45, 2.75) is 6.61 Å². The third-order valence-corrected chi connectivity index (χ3v) is 3.31. The van der Waals surface area contributed by atoms with Gasteiger partial charge in [0, 0.05) is 10.6 Å². The summed E-state index contributed by atoms with van der Waals surface area (Å²) in [7, 11) is 0. The lowest BCUT2D eigenvalue weighted by Gasteiger charge is -2.06. The van der Waals surface area contributed by atoms with Gasteiger partial charge in [0.05, 0.1) is 5.56 Å². The molecule has 0 fully saturated rings. The lowest BCUT2D eigenvalue weighted by molar-refractivity contribution is 0.0995. The number of hydrogen-bond donors (Lipinski definition) is 1. The predicted octanol–water partition coefficient (Wildman–Crippen LogP) is 3.07. The Labute approximate surface area is 136 Å². The molecule has 0 radical (unpaired) electrons. The molecule has 0 saturated heterocycles. The van der Waals surface area contributed by atoms with Gasteiger partial charge in [0.1, 0.15) is 5.75 Å². The Kier molecular flexibility index (Phi) is 4.25. The zero-order valence-corrected chi connectivity index (χ0v) is 12.7. The quantitative estimate of drug-likeness (QED) is 0.776. The summed E-state index contributed by atoms with van der Waals surface area (Å²) in [6.07, 6.45) is 0. The molecule has 2 N–H and O–H groups in total. The van der Waals surface area contributed by atoms with Crippen LogP contribution in [0.3, 0.4) is 0 Å². The number of carbonyl (C=O) groups excluding carboxylic acids is 1. The van der Waals surface area contributed by atoms with Gasteiger partial charge in [-0.2, -0.15) is 0 Å². The van der Waals surface area contributed by atoms with Crippen LogP contribution in [0.1, 0.15) is 16.2 Å². The van der Waals surface area contributed by atoms with E-state index in [-0.39, 0.29) is 12.5 Å². The van der Waals surface area contributed by atoms with Crippen molar-refractivity contribution in [3.8, 4) is 17.2 Å². The van der Waals surface area contributed by atoms with Crippen LogP contribution in [-0.4, -0.2) is 16.1 Å². The molecule has 23 heavy (non-hydrogen) atoms. The Hall–Kier alpha value is -2.86. The SMILES string of the molecule is NC(=O)c1ccccc1OCc1nnc(-c2ccc(Cl)cc2)o1. The van der Waals surface area contributed by atoms with Crippen molar-refractivity contribution in [3.63, 3.8) is 0 Å². The van der Waals surface area contributed by atoms with Crippen LogP contribution in [0.4, 0.5) is 0 Å². The first-order chi connectivity index (χ1) is 11.1. The lowest BCUT2D eigenvalue weighted by Crippen LogP contribution is -2.12. The van der Waals surface area contributed by atoms with Gasteiger partial charge >= 0.3 is 0 Å². The second-order valence-corrected chi connectivity index (χ2v) is 5.09. The number of primary amides is 1. The fourth-order valence-corrected chi connectivity index (χ4v) is 2.08. The van der Waals surface area contributed by atoms with Gasteiger partial charge in [-0.15, -0.1) is 10.2 Å². The minimum atomic E-state index is -0.562. The molecule has 3 aromatic rings. The monoisotopic (exact) mass is 329 g/mol. The maximum absolute atomic E-state index is 11.3. The van der Waals surface area contributed by atoms with Crippen molar-refractivity contribution in [2.75, 3.05) is 0 Å². The van der Waals surface area contributed by atoms with Crippen LogP contribution in [0.15, 0.2) is 52.9 Å². The Morgan fingerprint density at radius 2 is 1.87 bits per heavy atom. The van der Waals surface area contributed by atoms with Crippen LogP contribution in [0.25, 0.3) is 11.5 Å². The van der Waals surface area contributed by atoms with Crippen LogP contribution in [0.2, 0.25) is 5.02 Å². The highest BCUT2D eigenvalue weighted by molar-refractivity contribution is 6.30. The van der Waals surface area contributed by atoms with Gasteiger partial charge in [-0.25, -0.2) is 0 Å². The highest BCUT2D eigenvalue weighted by Crippen LogP contribution is 2.22. The van der Waals surface area contributed by atoms with Gasteiger partial charge in [0.15, 0.2) is 6.61 Å². The average molecular weight is 330 g/mol. The summed E-state index contributed by atoms with van der Waals surface area (Å²) in [6, 6.07) is 13.7. The Bertz CT molecular complexity index is 831. The molecular formula is C16H12ClN3O3. The molecule has 1 amide bonds. The second kappa shape index (κ2) is 6.50. The number of para-hydroxylation sites is 1. The molecule has 0 aliphatic rings. The van der Waals surface area contributed by atoms with E-state index in [0.717, 1.165) is 5.56 Å². The molecule has 116 valence electrons. The molecule has 0 aliphatic heterocycles. The number of benzene rings is 2. The van der Waals surface area contributed by atoms with Gasteiger partial charge < -0.3 is 14.9 Å². The number of rotatable bonds is 5. The molecule has 0 aliphatic carbocycles. The number of amides is 1. The Morgan fingerprint density at radius 1 is 1.13 bits per heavy atom. The van der Waals surface area contributed by atoms with Crippen molar-refractivity contribution < 1.29 is 13.9 Å². The van der Waals surface area contributed by atoms with Crippen molar-refractivity contribution in [2.24, 2.45) is 5.73 Å². The fraction of sp³-hybridized carbons (Fsp3) is 0.0625. The topological polar surface area (TPSA) is 91.2 Å². The summed E-state index contributed by atoms with van der Waals surface area (Å²) >= 11 is 5.84. The molecule has 3 rings (SSSR count). The molecule has 0 spiro atoms. The van der Waals surface area contributed by atoms with Gasteiger partial charge in [0.25, 0.3) is 11.8 Å². The van der Waals surface area contributed by atoms with Crippen molar-refractivity contribution in [1.82, 2.24) is 10.2 Å². The third kappa shape index (κ3) is 3.49. The number of halogens is 1. The van der Waals surface area contributed by atoms with E-state index in [1.807, 2.05) is 0 Å². The standard InChI is InChI=1S/C16H12ClN3O3/c17-11-7-5-10(6-8-11)16-20-19-14(23-16)9-22-13-4-2-1-3-12(13)15(18)21/h1-8H,9H2,(H2,18,21). The van der Waals surface area contributed by atoms with Crippen molar-refractivity contribution in [1.29, 1.82) is 0 Å². The van der Waals surface area contributed by atoms with Gasteiger partial charge in [-0.3, -0.25) is 4.79 Å². The smallest absolute Gasteiger partial charge is 0.254 e. The van der Waals surface area contributed by atoms with Gasteiger partial charge in [0.2, 0.25) is 5.89 Å². The van der Waals surface area contributed by atoms with Crippen LogP contribution < -0.4 is 10.5 Å². The molecule has 0 atom stereocenters. The minimum Gasteiger partial charge on any atom is -0.483 e. The van der Waals surface area contributed by atoms with Crippen molar-refractivity contribution in [3.05, 3.63) is 65.0 Å². The summed E-state index contributed by atoms with van der Waals surface area (Å²) in [6.45, 7) is 0.0326. The summed E-state index contributed by atoms with van der Waals surface area (Å²) in [5, 5.41) is 8.49. The number of nitrogens with two attached hydrogens (primary N) is 1. The zero-order chi connectivity index (χ0) is 16.2. The number of hydrogen-bond acceptors (Lipinski definition) is 5. The van der Waals surface area contributed by atoms with Gasteiger partial charge in [-0.05, 0) is 36.4 Å². The summed E-state index contributed by atoms with van der Waals surface area (Å²) in [4.78, 5) is 11.3. The zero-order valence-electron chi connectivity index (χ0n) is 11.9. The maximum atomic E-state index is 11.3. The lowest BCUT2D eigenvalue weighted by atomic mass is 10.2. The van der Waals surface area contributed by atoms with E-state index in [2.05, 4.69) is 10.2 Å². The van der Waals surface area contributed by atoms with E-state index < -0.39 is 5.91 Å². The van der Waals surface area contributed by atoms with E-state index >= 15 is 0 Å². The Morgan fingerprint density at radius 3 is 2.61 bits per heavy atom. The van der Waals surface area contributed by atoms with E-state index in [4.69, 9.17) is 26.5 Å². The van der Waals surface area contributed by atoms with E-state index in [9.17, 15) is 4.79 Å². The summed E-state index contributed by atoms with van der Waals surface area (Å²) in [5.41, 5.74) is 6.35. The molecule has 0 unspecified atom stereocenters. The molecule has 0 saturated carbocycles. The minimum absolute atomic E-state index is 0.0326.